The highest BCUT2D eigenvalue weighted by Gasteiger charge is 2.32. The van der Waals surface area contributed by atoms with Crippen LogP contribution in [-0.2, 0) is 0 Å². The molecule has 0 saturated heterocycles. The van der Waals surface area contributed by atoms with Gasteiger partial charge >= 0.3 is 0 Å². The minimum Gasteiger partial charge on any atom is -0.294 e. The molecule has 0 bridgehead atoms. The van der Waals surface area contributed by atoms with Gasteiger partial charge in [-0.1, -0.05) is 41.5 Å². The zero-order valence-electron chi connectivity index (χ0n) is 15.6. The second-order valence-electron chi connectivity index (χ2n) is 7.34. The molecule has 0 saturated carbocycles. The molecule has 0 heterocycles. The molecule has 0 atom stereocenters. The lowest BCUT2D eigenvalue weighted by Gasteiger charge is -2.22. The predicted molar refractivity (Wildman–Crippen MR) is 94.0 cm³/mol. The van der Waals surface area contributed by atoms with Gasteiger partial charge in [-0.3, -0.25) is 19.2 Å². The van der Waals surface area contributed by atoms with Gasteiger partial charge in [0.2, 0.25) is 0 Å². The number of ketones is 4. The molecule has 0 aliphatic rings. The van der Waals surface area contributed by atoms with E-state index < -0.39 is 5.41 Å². The van der Waals surface area contributed by atoms with Crippen molar-refractivity contribution in [3.8, 4) is 0 Å². The molecule has 0 fully saturated rings. The summed E-state index contributed by atoms with van der Waals surface area (Å²) in [5.74, 6) is -1.48. The van der Waals surface area contributed by atoms with Crippen LogP contribution in [0.3, 0.4) is 0 Å². The van der Waals surface area contributed by atoms with E-state index in [1.807, 2.05) is 0 Å². The second-order valence-corrected chi connectivity index (χ2v) is 7.34. The zero-order valence-corrected chi connectivity index (χ0v) is 15.6. The van der Waals surface area contributed by atoms with Gasteiger partial charge in [-0.2, -0.15) is 0 Å². The molecule has 4 nitrogen and oxygen atoms in total. The fourth-order valence-corrected chi connectivity index (χ4v) is 2.50. The molecule has 1 aromatic carbocycles. The molecule has 0 amide bonds. The summed E-state index contributed by atoms with van der Waals surface area (Å²) in [6, 6.07) is 2.99. The van der Waals surface area contributed by atoms with Gasteiger partial charge in [-0.15, -0.1) is 0 Å². The lowest BCUT2D eigenvalue weighted by Crippen LogP contribution is -2.27. The van der Waals surface area contributed by atoms with E-state index in [1.165, 1.54) is 19.1 Å². The van der Waals surface area contributed by atoms with Crippen molar-refractivity contribution in [1.82, 2.24) is 0 Å². The molecule has 0 N–H and O–H groups in total. The van der Waals surface area contributed by atoms with Crippen LogP contribution in [0.2, 0.25) is 0 Å². The molecule has 0 aromatic heterocycles. The summed E-state index contributed by atoms with van der Waals surface area (Å²) in [7, 11) is 0. The van der Waals surface area contributed by atoms with Crippen molar-refractivity contribution >= 4 is 23.1 Å². The number of carbonyl (C=O) groups excluding carboxylic acids is 4. The fourth-order valence-electron chi connectivity index (χ4n) is 2.50. The number of rotatable bonds is 6. The monoisotopic (exact) mass is 330 g/mol. The summed E-state index contributed by atoms with van der Waals surface area (Å²) in [5, 5.41) is 0. The van der Waals surface area contributed by atoms with Crippen molar-refractivity contribution in [3.05, 3.63) is 34.4 Å². The van der Waals surface area contributed by atoms with Crippen LogP contribution in [-0.4, -0.2) is 23.1 Å². The Morgan fingerprint density at radius 2 is 1.46 bits per heavy atom. The molecule has 1 rings (SSSR count). The Kier molecular flexibility index (Phi) is 5.99. The average molecular weight is 330 g/mol. The van der Waals surface area contributed by atoms with Crippen molar-refractivity contribution in [2.24, 2.45) is 11.3 Å². The summed E-state index contributed by atoms with van der Waals surface area (Å²) in [6.45, 7) is 11.8. The van der Waals surface area contributed by atoms with Gasteiger partial charge in [0.25, 0.3) is 0 Å². The van der Waals surface area contributed by atoms with Gasteiger partial charge < -0.3 is 0 Å². The van der Waals surface area contributed by atoms with Gasteiger partial charge in [-0.05, 0) is 19.1 Å². The number of Topliss-reactive ketones (excluding diaryl/α,β-unsaturated/α-hetero) is 4. The molecule has 130 valence electrons. The molecule has 0 spiro atoms. The third-order valence-electron chi connectivity index (χ3n) is 3.88. The maximum atomic E-state index is 12.8. The van der Waals surface area contributed by atoms with E-state index in [1.54, 1.807) is 41.5 Å². The topological polar surface area (TPSA) is 68.3 Å². The number of benzene rings is 1. The van der Waals surface area contributed by atoms with Crippen molar-refractivity contribution in [3.63, 3.8) is 0 Å². The van der Waals surface area contributed by atoms with Crippen LogP contribution < -0.4 is 0 Å². The zero-order chi connectivity index (χ0) is 18.8. The van der Waals surface area contributed by atoms with Crippen LogP contribution in [0.25, 0.3) is 0 Å². The summed E-state index contributed by atoms with van der Waals surface area (Å²) >= 11 is 0. The van der Waals surface area contributed by atoms with E-state index in [9.17, 15) is 19.2 Å². The number of carbonyl (C=O) groups is 4. The van der Waals surface area contributed by atoms with Gasteiger partial charge in [0.15, 0.2) is 23.1 Å². The van der Waals surface area contributed by atoms with Gasteiger partial charge in [-0.25, -0.2) is 0 Å². The maximum Gasteiger partial charge on any atom is 0.168 e. The maximum absolute atomic E-state index is 12.8. The summed E-state index contributed by atoms with van der Waals surface area (Å²) in [5.41, 5.74) is -0.0707. The molecular weight excluding hydrogens is 304 g/mol. The van der Waals surface area contributed by atoms with Crippen LogP contribution in [0.15, 0.2) is 12.1 Å². The third kappa shape index (κ3) is 3.86. The number of hydrogen-bond donors (Lipinski definition) is 0. The first-order valence-corrected chi connectivity index (χ1v) is 8.23. The van der Waals surface area contributed by atoms with Gasteiger partial charge in [0, 0.05) is 40.0 Å². The highest BCUT2D eigenvalue weighted by atomic mass is 16.1. The normalized spacial score (nSPS) is 11.5. The van der Waals surface area contributed by atoms with Gasteiger partial charge in [0.1, 0.15) is 0 Å². The molecule has 4 heteroatoms. The second kappa shape index (κ2) is 7.20. The van der Waals surface area contributed by atoms with Crippen LogP contribution in [0.1, 0.15) is 96.3 Å². The van der Waals surface area contributed by atoms with Crippen LogP contribution >= 0.6 is 0 Å². The molecule has 0 aliphatic carbocycles. The van der Waals surface area contributed by atoms with Gasteiger partial charge in [0.05, 0.1) is 0 Å². The molecule has 1 aromatic rings. The average Bonchev–Trinajstić information content (AvgIpc) is 2.49. The fraction of sp³-hybridized carbons (Fsp3) is 0.500. The lowest BCUT2D eigenvalue weighted by molar-refractivity contribution is 0.0843. The standard InChI is InChI=1S/C20H26O4/c1-8-15(22)16-13(12(4)21)9-10-14(19(24)20(5,6)7)17(16)18(23)11(2)3/h9-11H,8H2,1-7H3. The molecule has 0 unspecified atom stereocenters. The first-order valence-electron chi connectivity index (χ1n) is 8.23. The largest absolute Gasteiger partial charge is 0.294 e. The van der Waals surface area contributed by atoms with Crippen molar-refractivity contribution < 1.29 is 19.2 Å². The molecule has 0 aliphatic heterocycles. The van der Waals surface area contributed by atoms with E-state index in [-0.39, 0.29) is 57.7 Å². The highest BCUT2D eigenvalue weighted by Crippen LogP contribution is 2.30. The minimum absolute atomic E-state index is 0.0961. The van der Waals surface area contributed by atoms with E-state index >= 15 is 0 Å². The Bertz CT molecular complexity index is 703. The van der Waals surface area contributed by atoms with E-state index in [0.29, 0.717) is 0 Å². The third-order valence-corrected chi connectivity index (χ3v) is 3.88. The first kappa shape index (κ1) is 19.9. The lowest BCUT2D eigenvalue weighted by atomic mass is 9.79. The molecule has 24 heavy (non-hydrogen) atoms. The Morgan fingerprint density at radius 1 is 0.958 bits per heavy atom. The predicted octanol–water partition coefficient (Wildman–Crippen LogP) is 4.55. The van der Waals surface area contributed by atoms with Crippen molar-refractivity contribution in [1.29, 1.82) is 0 Å². The SMILES string of the molecule is CCC(=O)c1c(C(C)=O)ccc(C(=O)C(C)(C)C)c1C(=O)C(C)C. The Labute approximate surface area is 143 Å². The highest BCUT2D eigenvalue weighted by molar-refractivity contribution is 6.20. The Balaban J connectivity index is 3.93. The van der Waals surface area contributed by atoms with Crippen LogP contribution in [0, 0.1) is 11.3 Å². The number of hydrogen-bond acceptors (Lipinski definition) is 4. The van der Waals surface area contributed by atoms with E-state index in [4.69, 9.17) is 0 Å². The van der Waals surface area contributed by atoms with Crippen molar-refractivity contribution in [2.45, 2.75) is 54.9 Å². The van der Waals surface area contributed by atoms with E-state index in [2.05, 4.69) is 0 Å². The Hall–Kier alpha value is -2.10. The quantitative estimate of drug-likeness (QED) is 0.718. The first-order chi connectivity index (χ1) is 10.9. The summed E-state index contributed by atoms with van der Waals surface area (Å²) < 4.78 is 0. The molecule has 0 radical (unpaired) electrons. The Morgan fingerprint density at radius 3 is 1.83 bits per heavy atom. The summed E-state index contributed by atoms with van der Waals surface area (Å²) in [4.78, 5) is 50.1. The smallest absolute Gasteiger partial charge is 0.168 e. The van der Waals surface area contributed by atoms with Crippen LogP contribution in [0.4, 0.5) is 0 Å². The minimum atomic E-state index is -0.698. The van der Waals surface area contributed by atoms with E-state index in [0.717, 1.165) is 0 Å². The van der Waals surface area contributed by atoms with Crippen molar-refractivity contribution in [2.75, 3.05) is 0 Å². The molecular formula is C20H26O4. The summed E-state index contributed by atoms with van der Waals surface area (Å²) in [6.07, 6.45) is 0.159. The van der Waals surface area contributed by atoms with Crippen LogP contribution in [0.5, 0.6) is 0 Å².